The lowest BCUT2D eigenvalue weighted by molar-refractivity contribution is 0.203. The van der Waals surface area contributed by atoms with E-state index in [0.717, 1.165) is 6.42 Å². The Hall–Kier alpha value is -2.24. The first-order valence-corrected chi connectivity index (χ1v) is 5.58. The number of carbonyl (C=O) groups excluding carboxylic acids is 1. The van der Waals surface area contributed by atoms with E-state index in [2.05, 4.69) is 29.4 Å². The molecule has 0 aromatic heterocycles. The average Bonchev–Trinajstić information content (AvgIpc) is 2.36. The molecule has 2 N–H and O–H groups in total. The number of hydrogen-bond donors (Lipinski definition) is 2. The highest BCUT2D eigenvalue weighted by Crippen LogP contribution is 2.20. The maximum absolute atomic E-state index is 11.2. The molecule has 1 unspecified atom stereocenters. The molecule has 0 saturated carbocycles. The van der Waals surface area contributed by atoms with E-state index < -0.39 is 12.1 Å². The molecular weight excluding hydrogens is 234 g/mol. The Balaban J connectivity index is 2.64. The molecule has 0 fully saturated rings. The van der Waals surface area contributed by atoms with E-state index in [0.29, 0.717) is 11.6 Å². The minimum Gasteiger partial charge on any atom is -0.462 e. The summed E-state index contributed by atoms with van der Waals surface area (Å²) in [6.07, 6.45) is -0.462. The monoisotopic (exact) mass is 249 g/mol. The van der Waals surface area contributed by atoms with Crippen molar-refractivity contribution in [2.24, 2.45) is 10.2 Å². The zero-order valence-electron chi connectivity index (χ0n) is 10.3. The van der Waals surface area contributed by atoms with Crippen LogP contribution in [0.5, 0.6) is 0 Å². The summed E-state index contributed by atoms with van der Waals surface area (Å²) in [4.78, 5) is 21.2. The quantitative estimate of drug-likeness (QED) is 0.796. The van der Waals surface area contributed by atoms with Gasteiger partial charge >= 0.3 is 12.1 Å². The van der Waals surface area contributed by atoms with Crippen LogP contribution in [0.4, 0.5) is 15.3 Å². The van der Waals surface area contributed by atoms with E-state index in [1.165, 1.54) is 5.56 Å². The highest BCUT2D eigenvalue weighted by atomic mass is 16.4. The van der Waals surface area contributed by atoms with Crippen molar-refractivity contribution in [3.63, 3.8) is 0 Å². The number of rotatable bonds is 3. The molecule has 96 valence electrons. The molecule has 1 atom stereocenters. The topological polar surface area (TPSA) is 91.1 Å². The zero-order chi connectivity index (χ0) is 13.5. The van der Waals surface area contributed by atoms with Crippen molar-refractivity contribution < 1.29 is 14.7 Å². The van der Waals surface area contributed by atoms with Gasteiger partial charge < -0.3 is 10.4 Å². The van der Waals surface area contributed by atoms with Crippen molar-refractivity contribution >= 4 is 17.8 Å². The molecule has 0 aliphatic carbocycles. The molecule has 6 nitrogen and oxygen atoms in total. The molecule has 3 amide bonds. The standard InChI is InChI=1S/C12H15N3O3/c1-3-8(2)9-4-6-10(7-5-9)13-11(16)14-15-12(17)18/h4-8H,3H2,1-2H3,(H,13,16)(H,17,18)/b15-14+. The van der Waals surface area contributed by atoms with Gasteiger partial charge in [0.15, 0.2) is 0 Å². The van der Waals surface area contributed by atoms with Gasteiger partial charge in [0.1, 0.15) is 0 Å². The molecule has 18 heavy (non-hydrogen) atoms. The minimum atomic E-state index is -1.50. The van der Waals surface area contributed by atoms with Crippen LogP contribution >= 0.6 is 0 Å². The lowest BCUT2D eigenvalue weighted by atomic mass is 9.99. The summed E-state index contributed by atoms with van der Waals surface area (Å²) in [5.41, 5.74) is 1.74. The number of carbonyl (C=O) groups is 2. The third-order valence-corrected chi connectivity index (χ3v) is 2.57. The molecule has 0 spiro atoms. The van der Waals surface area contributed by atoms with Gasteiger partial charge in [-0.3, -0.25) is 0 Å². The number of azo groups is 1. The number of carboxylic acid groups (broad SMARTS) is 1. The molecule has 1 aromatic rings. The van der Waals surface area contributed by atoms with Gasteiger partial charge in [-0.2, -0.15) is 0 Å². The summed E-state index contributed by atoms with van der Waals surface area (Å²) in [5.74, 6) is 0.460. The summed E-state index contributed by atoms with van der Waals surface area (Å²) in [6.45, 7) is 4.22. The normalized spacial score (nSPS) is 12.3. The van der Waals surface area contributed by atoms with Crippen LogP contribution in [0.25, 0.3) is 0 Å². The number of hydrogen-bond acceptors (Lipinski definition) is 2. The number of nitrogens with zero attached hydrogens (tertiary/aromatic N) is 2. The van der Waals surface area contributed by atoms with Crippen LogP contribution < -0.4 is 5.32 Å². The number of anilines is 1. The van der Waals surface area contributed by atoms with Gasteiger partial charge in [-0.05, 0) is 30.0 Å². The predicted octanol–water partition coefficient (Wildman–Crippen LogP) is 3.86. The molecule has 1 aromatic carbocycles. The second-order valence-corrected chi connectivity index (χ2v) is 3.84. The Bertz CT molecular complexity index is 454. The Kier molecular flexibility index (Phi) is 4.98. The van der Waals surface area contributed by atoms with E-state index in [-0.39, 0.29) is 0 Å². The highest BCUT2D eigenvalue weighted by Gasteiger charge is 2.04. The fraction of sp³-hybridized carbons (Fsp3) is 0.333. The van der Waals surface area contributed by atoms with Crippen LogP contribution in [0.2, 0.25) is 0 Å². The lowest BCUT2D eigenvalue weighted by Gasteiger charge is -2.09. The van der Waals surface area contributed by atoms with Crippen LogP contribution in [-0.2, 0) is 0 Å². The molecule has 0 heterocycles. The van der Waals surface area contributed by atoms with Gasteiger partial charge in [-0.25, -0.2) is 9.59 Å². The summed E-state index contributed by atoms with van der Waals surface area (Å²) >= 11 is 0. The van der Waals surface area contributed by atoms with Crippen LogP contribution in [0.3, 0.4) is 0 Å². The van der Waals surface area contributed by atoms with Gasteiger partial charge in [-0.15, -0.1) is 0 Å². The van der Waals surface area contributed by atoms with Crippen molar-refractivity contribution in [3.05, 3.63) is 29.8 Å². The fourth-order valence-corrected chi connectivity index (χ4v) is 1.37. The molecule has 0 aliphatic rings. The second-order valence-electron chi connectivity index (χ2n) is 3.84. The Morgan fingerprint density at radius 2 is 1.89 bits per heavy atom. The molecule has 1 rings (SSSR count). The molecular formula is C12H15N3O3. The molecule has 0 aliphatic heterocycles. The van der Waals surface area contributed by atoms with Gasteiger partial charge in [0, 0.05) is 5.69 Å². The van der Waals surface area contributed by atoms with E-state index in [9.17, 15) is 9.59 Å². The molecule has 0 saturated heterocycles. The number of benzene rings is 1. The van der Waals surface area contributed by atoms with Gasteiger partial charge in [0.25, 0.3) is 0 Å². The van der Waals surface area contributed by atoms with Crippen molar-refractivity contribution in [3.8, 4) is 0 Å². The zero-order valence-corrected chi connectivity index (χ0v) is 10.3. The van der Waals surface area contributed by atoms with Crippen molar-refractivity contribution in [1.82, 2.24) is 0 Å². The van der Waals surface area contributed by atoms with Crippen molar-refractivity contribution in [1.29, 1.82) is 0 Å². The summed E-state index contributed by atoms with van der Waals surface area (Å²) < 4.78 is 0. The molecule has 6 heteroatoms. The SMILES string of the molecule is CCC(C)c1ccc(NC(=O)/N=N/C(=O)O)cc1. The Morgan fingerprint density at radius 3 is 2.39 bits per heavy atom. The first-order valence-electron chi connectivity index (χ1n) is 5.58. The third kappa shape index (κ3) is 4.32. The maximum atomic E-state index is 11.2. The van der Waals surface area contributed by atoms with E-state index in [4.69, 9.17) is 5.11 Å². The van der Waals surface area contributed by atoms with Crippen LogP contribution in [0.15, 0.2) is 34.5 Å². The third-order valence-electron chi connectivity index (χ3n) is 2.57. The average molecular weight is 249 g/mol. The van der Waals surface area contributed by atoms with E-state index >= 15 is 0 Å². The first-order chi connectivity index (χ1) is 8.52. The van der Waals surface area contributed by atoms with Crippen LogP contribution in [-0.4, -0.2) is 17.2 Å². The maximum Gasteiger partial charge on any atom is 0.450 e. The van der Waals surface area contributed by atoms with Gasteiger partial charge in [0.2, 0.25) is 0 Å². The van der Waals surface area contributed by atoms with Crippen molar-refractivity contribution in [2.45, 2.75) is 26.2 Å². The minimum absolute atomic E-state index is 0.460. The predicted molar refractivity (Wildman–Crippen MR) is 67.0 cm³/mol. The second kappa shape index (κ2) is 6.48. The molecule has 0 radical (unpaired) electrons. The largest absolute Gasteiger partial charge is 0.462 e. The number of urea groups is 1. The Morgan fingerprint density at radius 1 is 1.28 bits per heavy atom. The Labute approximate surface area is 105 Å². The number of nitrogens with one attached hydrogen (secondary N) is 1. The first kappa shape index (κ1) is 13.8. The van der Waals surface area contributed by atoms with Gasteiger partial charge in [0.05, 0.1) is 0 Å². The van der Waals surface area contributed by atoms with E-state index in [1.807, 2.05) is 12.1 Å². The summed E-state index contributed by atoms with van der Waals surface area (Å²) in [6, 6.07) is 6.51. The van der Waals surface area contributed by atoms with Gasteiger partial charge in [-0.1, -0.05) is 36.2 Å². The van der Waals surface area contributed by atoms with E-state index in [1.54, 1.807) is 12.1 Å². The van der Waals surface area contributed by atoms with Crippen LogP contribution in [0, 0.1) is 0 Å². The highest BCUT2D eigenvalue weighted by molar-refractivity contribution is 5.90. The fourth-order valence-electron chi connectivity index (χ4n) is 1.37. The number of amides is 3. The van der Waals surface area contributed by atoms with Crippen molar-refractivity contribution in [2.75, 3.05) is 5.32 Å². The summed E-state index contributed by atoms with van der Waals surface area (Å²) in [7, 11) is 0. The molecule has 0 bridgehead atoms. The van der Waals surface area contributed by atoms with Crippen LogP contribution in [0.1, 0.15) is 31.7 Å². The smallest absolute Gasteiger partial charge is 0.450 e. The lowest BCUT2D eigenvalue weighted by Crippen LogP contribution is -2.06. The summed E-state index contributed by atoms with van der Waals surface area (Å²) in [5, 5.41) is 16.3.